The number of piperidine rings is 1. The molecule has 2 aliphatic heterocycles. The van der Waals surface area contributed by atoms with Crippen LogP contribution in [0.5, 0.6) is 0 Å². The fourth-order valence-corrected chi connectivity index (χ4v) is 2.33. The van der Waals surface area contributed by atoms with Crippen molar-refractivity contribution in [3.05, 3.63) is 0 Å². The summed E-state index contributed by atoms with van der Waals surface area (Å²) in [6.07, 6.45) is 2.13. The van der Waals surface area contributed by atoms with Gasteiger partial charge in [-0.15, -0.1) is 0 Å². The SMILES string of the molecule is NC(=O)CN1CCCC(C2OCCO2)C1. The van der Waals surface area contributed by atoms with Crippen LogP contribution in [0.3, 0.4) is 0 Å². The molecular formula is C10H18N2O3. The maximum Gasteiger partial charge on any atom is 0.231 e. The predicted octanol–water partition coefficient (Wildman–Crippen LogP) is -0.443. The number of carbonyl (C=O) groups excluding carboxylic acids is 1. The van der Waals surface area contributed by atoms with E-state index in [9.17, 15) is 4.79 Å². The highest BCUT2D eigenvalue weighted by atomic mass is 16.7. The van der Waals surface area contributed by atoms with Crippen LogP contribution in [-0.4, -0.2) is 49.9 Å². The fraction of sp³-hybridized carbons (Fsp3) is 0.900. The summed E-state index contributed by atoms with van der Waals surface area (Å²) in [6, 6.07) is 0. The quantitative estimate of drug-likeness (QED) is 0.691. The minimum Gasteiger partial charge on any atom is -0.369 e. The third-order valence-corrected chi connectivity index (χ3v) is 2.95. The number of hydrogen-bond donors (Lipinski definition) is 1. The van der Waals surface area contributed by atoms with Gasteiger partial charge < -0.3 is 15.2 Å². The fourth-order valence-electron chi connectivity index (χ4n) is 2.33. The van der Waals surface area contributed by atoms with Gasteiger partial charge >= 0.3 is 0 Å². The molecule has 0 saturated carbocycles. The molecule has 2 heterocycles. The Morgan fingerprint density at radius 2 is 2.13 bits per heavy atom. The third-order valence-electron chi connectivity index (χ3n) is 2.95. The number of hydrogen-bond acceptors (Lipinski definition) is 4. The molecule has 0 aromatic carbocycles. The second kappa shape index (κ2) is 4.92. The molecular weight excluding hydrogens is 196 g/mol. The van der Waals surface area contributed by atoms with E-state index >= 15 is 0 Å². The van der Waals surface area contributed by atoms with Gasteiger partial charge in [0.1, 0.15) is 0 Å². The lowest BCUT2D eigenvalue weighted by atomic mass is 9.97. The van der Waals surface area contributed by atoms with Crippen LogP contribution in [0.1, 0.15) is 12.8 Å². The van der Waals surface area contributed by atoms with Crippen LogP contribution < -0.4 is 5.73 Å². The smallest absolute Gasteiger partial charge is 0.231 e. The van der Waals surface area contributed by atoms with Crippen LogP contribution in [0.25, 0.3) is 0 Å². The molecule has 1 atom stereocenters. The van der Waals surface area contributed by atoms with E-state index in [2.05, 4.69) is 4.90 Å². The molecule has 1 unspecified atom stereocenters. The number of nitrogens with two attached hydrogens (primary N) is 1. The molecule has 1 amide bonds. The molecule has 2 fully saturated rings. The second-order valence-corrected chi connectivity index (χ2v) is 4.21. The van der Waals surface area contributed by atoms with E-state index in [1.54, 1.807) is 0 Å². The van der Waals surface area contributed by atoms with Gasteiger partial charge in [0.2, 0.25) is 5.91 Å². The molecule has 0 aromatic heterocycles. The van der Waals surface area contributed by atoms with E-state index in [0.717, 1.165) is 25.9 Å². The minimum absolute atomic E-state index is 0.0688. The Labute approximate surface area is 89.5 Å². The molecule has 0 radical (unpaired) electrons. The number of ether oxygens (including phenoxy) is 2. The molecule has 15 heavy (non-hydrogen) atoms. The summed E-state index contributed by atoms with van der Waals surface area (Å²) in [7, 11) is 0. The second-order valence-electron chi connectivity index (χ2n) is 4.21. The first-order chi connectivity index (χ1) is 7.25. The van der Waals surface area contributed by atoms with Gasteiger partial charge in [0, 0.05) is 12.5 Å². The molecule has 86 valence electrons. The lowest BCUT2D eigenvalue weighted by molar-refractivity contribution is -0.122. The summed E-state index contributed by atoms with van der Waals surface area (Å²) in [4.78, 5) is 12.9. The normalized spacial score (nSPS) is 29.5. The summed E-state index contributed by atoms with van der Waals surface area (Å²) in [5.41, 5.74) is 5.18. The summed E-state index contributed by atoms with van der Waals surface area (Å²) in [5.74, 6) is 0.129. The molecule has 2 saturated heterocycles. The van der Waals surface area contributed by atoms with Crippen molar-refractivity contribution in [1.82, 2.24) is 4.90 Å². The van der Waals surface area contributed by atoms with Crippen LogP contribution in [0.2, 0.25) is 0 Å². The zero-order valence-electron chi connectivity index (χ0n) is 8.85. The van der Waals surface area contributed by atoms with Crippen LogP contribution in [0, 0.1) is 5.92 Å². The number of likely N-dealkylation sites (tertiary alicyclic amines) is 1. The molecule has 5 nitrogen and oxygen atoms in total. The molecule has 0 aromatic rings. The van der Waals surface area contributed by atoms with Gasteiger partial charge in [-0.05, 0) is 19.4 Å². The third kappa shape index (κ3) is 2.90. The Kier molecular flexibility index (Phi) is 3.56. The molecule has 0 aliphatic carbocycles. The van der Waals surface area contributed by atoms with Gasteiger partial charge in [-0.25, -0.2) is 0 Å². The van der Waals surface area contributed by atoms with Crippen LogP contribution in [0.15, 0.2) is 0 Å². The molecule has 0 spiro atoms. The molecule has 0 bridgehead atoms. The van der Waals surface area contributed by atoms with Gasteiger partial charge in [0.05, 0.1) is 19.8 Å². The van der Waals surface area contributed by atoms with Gasteiger partial charge in [0.15, 0.2) is 6.29 Å². The summed E-state index contributed by atoms with van der Waals surface area (Å²) < 4.78 is 11.0. The zero-order chi connectivity index (χ0) is 10.7. The highest BCUT2D eigenvalue weighted by Gasteiger charge is 2.31. The first-order valence-corrected chi connectivity index (χ1v) is 5.49. The van der Waals surface area contributed by atoms with Crippen LogP contribution >= 0.6 is 0 Å². The highest BCUT2D eigenvalue weighted by Crippen LogP contribution is 2.24. The molecule has 2 rings (SSSR count). The predicted molar refractivity (Wildman–Crippen MR) is 54.1 cm³/mol. The Morgan fingerprint density at radius 3 is 2.80 bits per heavy atom. The van der Waals surface area contributed by atoms with E-state index in [1.807, 2.05) is 0 Å². The van der Waals surface area contributed by atoms with Crippen molar-refractivity contribution in [2.75, 3.05) is 32.8 Å². The van der Waals surface area contributed by atoms with Gasteiger partial charge in [-0.3, -0.25) is 9.69 Å². The van der Waals surface area contributed by atoms with E-state index in [4.69, 9.17) is 15.2 Å². The van der Waals surface area contributed by atoms with Crippen molar-refractivity contribution in [3.8, 4) is 0 Å². The van der Waals surface area contributed by atoms with E-state index in [-0.39, 0.29) is 12.2 Å². The van der Waals surface area contributed by atoms with E-state index in [0.29, 0.717) is 25.7 Å². The number of nitrogens with zero attached hydrogens (tertiary/aromatic N) is 1. The van der Waals surface area contributed by atoms with Crippen molar-refractivity contribution in [2.24, 2.45) is 11.7 Å². The maximum atomic E-state index is 10.8. The van der Waals surface area contributed by atoms with Crippen LogP contribution in [-0.2, 0) is 14.3 Å². The molecule has 5 heteroatoms. The summed E-state index contributed by atoms with van der Waals surface area (Å²) in [6.45, 7) is 3.54. The Bertz CT molecular complexity index is 229. The molecule has 2 N–H and O–H groups in total. The Morgan fingerprint density at radius 1 is 1.40 bits per heavy atom. The van der Waals surface area contributed by atoms with Gasteiger partial charge in [-0.2, -0.15) is 0 Å². The summed E-state index contributed by atoms with van der Waals surface area (Å²) >= 11 is 0. The number of rotatable bonds is 3. The zero-order valence-corrected chi connectivity index (χ0v) is 8.85. The van der Waals surface area contributed by atoms with E-state index < -0.39 is 0 Å². The standard InChI is InChI=1S/C10H18N2O3/c11-9(13)7-12-3-1-2-8(6-12)10-14-4-5-15-10/h8,10H,1-7H2,(H2,11,13). The first-order valence-electron chi connectivity index (χ1n) is 5.49. The van der Waals surface area contributed by atoms with Gasteiger partial charge in [0.25, 0.3) is 0 Å². The number of amides is 1. The largest absolute Gasteiger partial charge is 0.369 e. The topological polar surface area (TPSA) is 64.8 Å². The van der Waals surface area contributed by atoms with Gasteiger partial charge in [-0.1, -0.05) is 0 Å². The molecule has 2 aliphatic rings. The minimum atomic E-state index is -0.260. The monoisotopic (exact) mass is 214 g/mol. The van der Waals surface area contributed by atoms with Crippen molar-refractivity contribution in [3.63, 3.8) is 0 Å². The number of carbonyl (C=O) groups is 1. The van der Waals surface area contributed by atoms with E-state index in [1.165, 1.54) is 0 Å². The van der Waals surface area contributed by atoms with Crippen molar-refractivity contribution >= 4 is 5.91 Å². The maximum absolute atomic E-state index is 10.8. The van der Waals surface area contributed by atoms with Crippen molar-refractivity contribution in [2.45, 2.75) is 19.1 Å². The lowest BCUT2D eigenvalue weighted by Gasteiger charge is -2.33. The van der Waals surface area contributed by atoms with Crippen molar-refractivity contribution < 1.29 is 14.3 Å². The first kappa shape index (κ1) is 10.9. The Balaban J connectivity index is 1.83. The van der Waals surface area contributed by atoms with Crippen LogP contribution in [0.4, 0.5) is 0 Å². The average Bonchev–Trinajstić information content (AvgIpc) is 2.69. The Hall–Kier alpha value is -0.650. The highest BCUT2D eigenvalue weighted by molar-refractivity contribution is 5.75. The van der Waals surface area contributed by atoms with Crippen molar-refractivity contribution in [1.29, 1.82) is 0 Å². The average molecular weight is 214 g/mol. The number of primary amides is 1. The summed E-state index contributed by atoms with van der Waals surface area (Å²) in [5, 5.41) is 0. The lowest BCUT2D eigenvalue weighted by Crippen LogP contribution is -2.44.